The molecule has 0 aliphatic heterocycles. The van der Waals surface area contributed by atoms with Crippen molar-refractivity contribution in [1.29, 1.82) is 0 Å². The van der Waals surface area contributed by atoms with Crippen LogP contribution in [0.2, 0.25) is 0 Å². The van der Waals surface area contributed by atoms with Gasteiger partial charge in [0.2, 0.25) is 0 Å². The van der Waals surface area contributed by atoms with Gasteiger partial charge in [-0.15, -0.1) is 6.58 Å². The number of nitrogens with one attached hydrogen (secondary N) is 1. The normalized spacial score (nSPS) is 10.8. The van der Waals surface area contributed by atoms with Crippen molar-refractivity contribution in [3.63, 3.8) is 0 Å². The van der Waals surface area contributed by atoms with Gasteiger partial charge in [0.1, 0.15) is 0 Å². The number of pyridine rings is 1. The smallest absolute Gasteiger partial charge is 0.170 e. The molecule has 4 heteroatoms. The Morgan fingerprint density at radius 1 is 1.53 bits per heavy atom. The minimum atomic E-state index is -0.225. The SMILES string of the molecule is C=CCCCN(C)c1nccc(CNC(C)C)c1F. The summed E-state index contributed by atoms with van der Waals surface area (Å²) in [6.07, 6.45) is 5.43. The van der Waals surface area contributed by atoms with Crippen LogP contribution in [0, 0.1) is 5.82 Å². The van der Waals surface area contributed by atoms with Gasteiger partial charge in [-0.3, -0.25) is 0 Å². The van der Waals surface area contributed by atoms with Crippen LogP contribution >= 0.6 is 0 Å². The predicted molar refractivity (Wildman–Crippen MR) is 78.9 cm³/mol. The first-order valence-corrected chi connectivity index (χ1v) is 6.75. The number of allylic oxidation sites excluding steroid dienone is 1. The first kappa shape index (κ1) is 15.6. The summed E-state index contributed by atoms with van der Waals surface area (Å²) in [4.78, 5) is 6.00. The van der Waals surface area contributed by atoms with Crippen molar-refractivity contribution in [2.24, 2.45) is 0 Å². The van der Waals surface area contributed by atoms with Gasteiger partial charge in [0.25, 0.3) is 0 Å². The molecular weight excluding hydrogens is 241 g/mol. The van der Waals surface area contributed by atoms with Crippen LogP contribution in [-0.4, -0.2) is 24.6 Å². The van der Waals surface area contributed by atoms with E-state index in [1.54, 1.807) is 12.3 Å². The highest BCUT2D eigenvalue weighted by Crippen LogP contribution is 2.18. The minimum absolute atomic E-state index is 0.225. The zero-order valence-electron chi connectivity index (χ0n) is 12.1. The first-order valence-electron chi connectivity index (χ1n) is 6.75. The third-order valence-electron chi connectivity index (χ3n) is 2.91. The maximum Gasteiger partial charge on any atom is 0.170 e. The fraction of sp³-hybridized carbons (Fsp3) is 0.533. The molecule has 0 spiro atoms. The molecule has 0 saturated carbocycles. The Balaban J connectivity index is 2.72. The Hall–Kier alpha value is -1.42. The van der Waals surface area contributed by atoms with Crippen LogP contribution in [0.3, 0.4) is 0 Å². The van der Waals surface area contributed by atoms with Gasteiger partial charge >= 0.3 is 0 Å². The molecular formula is C15H24FN3. The first-order chi connectivity index (χ1) is 9.06. The second kappa shape index (κ2) is 7.89. The maximum atomic E-state index is 14.3. The van der Waals surface area contributed by atoms with Crippen LogP contribution in [0.5, 0.6) is 0 Å². The minimum Gasteiger partial charge on any atom is -0.357 e. The third-order valence-corrected chi connectivity index (χ3v) is 2.91. The molecule has 1 aromatic heterocycles. The van der Waals surface area contributed by atoms with Crippen molar-refractivity contribution in [2.75, 3.05) is 18.5 Å². The lowest BCUT2D eigenvalue weighted by molar-refractivity contribution is 0.548. The summed E-state index contributed by atoms with van der Waals surface area (Å²) in [5.41, 5.74) is 0.661. The molecule has 19 heavy (non-hydrogen) atoms. The van der Waals surface area contributed by atoms with E-state index in [-0.39, 0.29) is 5.82 Å². The Labute approximate surface area is 115 Å². The van der Waals surface area contributed by atoms with Crippen LogP contribution in [0.25, 0.3) is 0 Å². The zero-order valence-corrected chi connectivity index (χ0v) is 12.1. The molecule has 0 aromatic carbocycles. The fourth-order valence-corrected chi connectivity index (χ4v) is 1.77. The molecule has 0 unspecified atom stereocenters. The number of rotatable bonds is 8. The lowest BCUT2D eigenvalue weighted by Crippen LogP contribution is -2.25. The summed E-state index contributed by atoms with van der Waals surface area (Å²) in [7, 11) is 1.87. The van der Waals surface area contributed by atoms with E-state index < -0.39 is 0 Å². The monoisotopic (exact) mass is 265 g/mol. The van der Waals surface area contributed by atoms with Gasteiger partial charge in [-0.2, -0.15) is 0 Å². The molecule has 0 bridgehead atoms. The molecule has 0 atom stereocenters. The number of aromatic nitrogens is 1. The number of hydrogen-bond donors (Lipinski definition) is 1. The Morgan fingerprint density at radius 3 is 2.89 bits per heavy atom. The highest BCUT2D eigenvalue weighted by Gasteiger charge is 2.13. The van der Waals surface area contributed by atoms with Gasteiger partial charge in [0.15, 0.2) is 11.6 Å². The van der Waals surface area contributed by atoms with Gasteiger partial charge in [0, 0.05) is 37.9 Å². The van der Waals surface area contributed by atoms with Crippen LogP contribution in [0.15, 0.2) is 24.9 Å². The highest BCUT2D eigenvalue weighted by molar-refractivity contribution is 5.42. The van der Waals surface area contributed by atoms with Gasteiger partial charge < -0.3 is 10.2 Å². The third kappa shape index (κ3) is 4.99. The molecule has 1 aromatic rings. The van der Waals surface area contributed by atoms with Gasteiger partial charge in [-0.05, 0) is 18.9 Å². The average Bonchev–Trinajstić information content (AvgIpc) is 2.37. The van der Waals surface area contributed by atoms with Crippen molar-refractivity contribution in [2.45, 2.75) is 39.3 Å². The topological polar surface area (TPSA) is 28.2 Å². The molecule has 0 aliphatic rings. The highest BCUT2D eigenvalue weighted by atomic mass is 19.1. The molecule has 1 N–H and O–H groups in total. The second-order valence-corrected chi connectivity index (χ2v) is 5.00. The summed E-state index contributed by atoms with van der Waals surface area (Å²) in [5, 5.41) is 3.22. The summed E-state index contributed by atoms with van der Waals surface area (Å²) < 4.78 is 14.3. The standard InChI is InChI=1S/C15H24FN3/c1-5-6-7-10-19(4)15-14(16)13(8-9-17-15)11-18-12(2)3/h5,8-9,12,18H,1,6-7,10-11H2,2-4H3. The van der Waals surface area contributed by atoms with E-state index in [4.69, 9.17) is 0 Å². The van der Waals surface area contributed by atoms with Crippen molar-refractivity contribution in [1.82, 2.24) is 10.3 Å². The van der Waals surface area contributed by atoms with Crippen molar-refractivity contribution in [3.8, 4) is 0 Å². The Morgan fingerprint density at radius 2 is 2.26 bits per heavy atom. The molecule has 0 fully saturated rings. The molecule has 1 rings (SSSR count). The second-order valence-electron chi connectivity index (χ2n) is 5.00. The molecule has 0 radical (unpaired) electrons. The van der Waals surface area contributed by atoms with Crippen molar-refractivity contribution >= 4 is 5.82 Å². The van der Waals surface area contributed by atoms with E-state index in [1.807, 2.05) is 31.9 Å². The van der Waals surface area contributed by atoms with E-state index in [0.717, 1.165) is 19.4 Å². The molecule has 1 heterocycles. The van der Waals surface area contributed by atoms with Gasteiger partial charge in [0.05, 0.1) is 0 Å². The largest absolute Gasteiger partial charge is 0.357 e. The summed E-state index contributed by atoms with van der Waals surface area (Å²) in [5.74, 6) is 0.198. The fourth-order valence-electron chi connectivity index (χ4n) is 1.77. The van der Waals surface area contributed by atoms with E-state index in [2.05, 4.69) is 16.9 Å². The van der Waals surface area contributed by atoms with Gasteiger partial charge in [-0.1, -0.05) is 19.9 Å². The summed E-state index contributed by atoms with van der Waals surface area (Å²) in [6, 6.07) is 2.06. The lowest BCUT2D eigenvalue weighted by atomic mass is 10.2. The number of unbranched alkanes of at least 4 members (excludes halogenated alkanes) is 1. The predicted octanol–water partition coefficient (Wildman–Crippen LogP) is 3.12. The maximum absolute atomic E-state index is 14.3. The molecule has 106 valence electrons. The number of nitrogens with zero attached hydrogens (tertiary/aromatic N) is 2. The van der Waals surface area contributed by atoms with E-state index in [9.17, 15) is 4.39 Å². The average molecular weight is 265 g/mol. The molecule has 0 saturated heterocycles. The van der Waals surface area contributed by atoms with Crippen LogP contribution < -0.4 is 10.2 Å². The van der Waals surface area contributed by atoms with Gasteiger partial charge in [-0.25, -0.2) is 9.37 Å². The molecule has 3 nitrogen and oxygen atoms in total. The summed E-state index contributed by atoms with van der Waals surface area (Å²) >= 11 is 0. The Kier molecular flexibility index (Phi) is 6.50. The van der Waals surface area contributed by atoms with Crippen LogP contribution in [0.1, 0.15) is 32.3 Å². The van der Waals surface area contributed by atoms with Crippen LogP contribution in [0.4, 0.5) is 10.2 Å². The number of hydrogen-bond acceptors (Lipinski definition) is 3. The lowest BCUT2D eigenvalue weighted by Gasteiger charge is -2.19. The quantitative estimate of drug-likeness (QED) is 0.578. The van der Waals surface area contributed by atoms with E-state index in [1.165, 1.54) is 0 Å². The van der Waals surface area contributed by atoms with E-state index >= 15 is 0 Å². The van der Waals surface area contributed by atoms with Crippen LogP contribution in [-0.2, 0) is 6.54 Å². The van der Waals surface area contributed by atoms with Crippen molar-refractivity contribution in [3.05, 3.63) is 36.3 Å². The number of anilines is 1. The zero-order chi connectivity index (χ0) is 14.3. The summed E-state index contributed by atoms with van der Waals surface area (Å²) in [6.45, 7) is 9.07. The van der Waals surface area contributed by atoms with E-state index in [0.29, 0.717) is 24.0 Å². The molecule has 0 amide bonds. The molecule has 0 aliphatic carbocycles. The number of halogens is 1. The Bertz CT molecular complexity index is 404. The van der Waals surface area contributed by atoms with Crippen molar-refractivity contribution < 1.29 is 4.39 Å².